The van der Waals surface area contributed by atoms with Crippen LogP contribution in [0.25, 0.3) is 0 Å². The molecule has 15 heteroatoms. The second-order valence-corrected chi connectivity index (χ2v) is 11.9. The SMILES string of the molecule is Cc1cc(F)ccc1C1(N(C)C(=O)C(C)(C)c2cc(C(F)(F)F)cc(C(F)(F)F)c2)C=CN=C([C@H]2CC[C@@H](C(=O)O)N2C(=O)O)C1. The molecule has 2 aromatic rings. The van der Waals surface area contributed by atoms with Crippen LogP contribution in [0.15, 0.2) is 53.7 Å². The lowest BCUT2D eigenvalue weighted by molar-refractivity contribution is -0.144. The van der Waals surface area contributed by atoms with Crippen molar-refractivity contribution in [1.29, 1.82) is 0 Å². The maximum Gasteiger partial charge on any atom is 0.416 e. The van der Waals surface area contributed by atoms with E-state index in [4.69, 9.17) is 0 Å². The van der Waals surface area contributed by atoms with Crippen molar-refractivity contribution in [2.75, 3.05) is 7.05 Å². The number of aliphatic imine (C=N–C) groups is 1. The Bertz CT molecular complexity index is 1600. The molecule has 3 atom stereocenters. The zero-order valence-electron chi connectivity index (χ0n) is 25.0. The first-order valence-electron chi connectivity index (χ1n) is 13.9. The second kappa shape index (κ2) is 11.7. The lowest BCUT2D eigenvalue weighted by Crippen LogP contribution is -2.55. The van der Waals surface area contributed by atoms with E-state index >= 15 is 0 Å². The number of carboxylic acid groups (broad SMARTS) is 2. The van der Waals surface area contributed by atoms with Crippen LogP contribution in [0.2, 0.25) is 0 Å². The summed E-state index contributed by atoms with van der Waals surface area (Å²) >= 11 is 0. The standard InChI is InChI=1S/C31H30F7N3O5/c1-16-11-20(32)5-6-21(16)29(9-10-39-22(15-29)23-7-8-24(25(42)43)41(23)27(45)46)40(4)26(44)28(2,3)17-12-18(30(33,34)35)14-19(13-17)31(36,37)38/h5-6,9-14,23-24H,7-8,15H2,1-4H3,(H,42,43)(H,45,46)/t23-,24+,29?/m1/s1. The van der Waals surface area contributed by atoms with Crippen molar-refractivity contribution in [2.45, 2.75) is 75.4 Å². The van der Waals surface area contributed by atoms with Crippen LogP contribution in [0.3, 0.4) is 0 Å². The molecule has 0 spiro atoms. The van der Waals surface area contributed by atoms with Crippen LogP contribution in [-0.2, 0) is 32.9 Å². The van der Waals surface area contributed by atoms with Gasteiger partial charge in [0.05, 0.1) is 28.1 Å². The number of halogens is 7. The molecule has 1 fully saturated rings. The van der Waals surface area contributed by atoms with Crippen LogP contribution >= 0.6 is 0 Å². The molecular formula is C31H30F7N3O5. The van der Waals surface area contributed by atoms with Crippen LogP contribution in [0.4, 0.5) is 35.5 Å². The molecule has 248 valence electrons. The molecule has 0 saturated carbocycles. The van der Waals surface area contributed by atoms with Crippen molar-refractivity contribution in [3.8, 4) is 0 Å². The molecule has 0 bridgehead atoms. The molecule has 0 aliphatic carbocycles. The number of aliphatic carboxylic acids is 1. The minimum Gasteiger partial charge on any atom is -0.480 e. The summed E-state index contributed by atoms with van der Waals surface area (Å²) in [5.41, 5.74) is -6.54. The summed E-state index contributed by atoms with van der Waals surface area (Å²) < 4.78 is 96.4. The highest BCUT2D eigenvalue weighted by molar-refractivity contribution is 5.97. The van der Waals surface area contributed by atoms with Gasteiger partial charge in [0.25, 0.3) is 0 Å². The predicted octanol–water partition coefficient (Wildman–Crippen LogP) is 6.76. The Labute approximate surface area is 258 Å². The molecule has 4 rings (SSSR count). The topological polar surface area (TPSA) is 111 Å². The van der Waals surface area contributed by atoms with Crippen molar-refractivity contribution in [3.63, 3.8) is 0 Å². The Balaban J connectivity index is 1.85. The highest BCUT2D eigenvalue weighted by Gasteiger charge is 2.50. The number of carbonyl (C=O) groups is 3. The van der Waals surface area contributed by atoms with Gasteiger partial charge in [-0.25, -0.2) is 14.0 Å². The zero-order valence-corrected chi connectivity index (χ0v) is 25.0. The molecule has 1 saturated heterocycles. The van der Waals surface area contributed by atoms with Crippen molar-refractivity contribution < 1.29 is 55.3 Å². The number of aryl methyl sites for hydroxylation is 1. The Morgan fingerprint density at radius 1 is 0.935 bits per heavy atom. The normalized spacial score (nSPS) is 22.1. The minimum absolute atomic E-state index is 0.0313. The highest BCUT2D eigenvalue weighted by atomic mass is 19.4. The smallest absolute Gasteiger partial charge is 0.416 e. The van der Waals surface area contributed by atoms with Gasteiger partial charge in [-0.3, -0.25) is 14.7 Å². The lowest BCUT2D eigenvalue weighted by Gasteiger charge is -2.46. The van der Waals surface area contributed by atoms with Gasteiger partial charge in [-0.2, -0.15) is 26.3 Å². The molecule has 2 heterocycles. The van der Waals surface area contributed by atoms with Gasteiger partial charge >= 0.3 is 24.4 Å². The molecule has 0 aromatic heterocycles. The van der Waals surface area contributed by atoms with E-state index in [0.717, 1.165) is 15.9 Å². The Morgan fingerprint density at radius 2 is 1.50 bits per heavy atom. The number of likely N-dealkylation sites (N-methyl/N-ethyl adjacent to an activating group) is 1. The van der Waals surface area contributed by atoms with E-state index in [0.29, 0.717) is 23.3 Å². The molecule has 2 amide bonds. The van der Waals surface area contributed by atoms with Gasteiger partial charge in [0.15, 0.2) is 0 Å². The molecule has 46 heavy (non-hydrogen) atoms. The number of amides is 2. The Kier molecular flexibility index (Phi) is 8.79. The summed E-state index contributed by atoms with van der Waals surface area (Å²) in [6, 6.07) is 2.16. The third kappa shape index (κ3) is 6.18. The van der Waals surface area contributed by atoms with E-state index in [9.17, 15) is 55.3 Å². The second-order valence-electron chi connectivity index (χ2n) is 11.9. The monoisotopic (exact) mass is 657 g/mol. The van der Waals surface area contributed by atoms with E-state index in [-0.39, 0.29) is 31.0 Å². The number of alkyl halides is 6. The van der Waals surface area contributed by atoms with E-state index in [1.165, 1.54) is 52.2 Å². The summed E-state index contributed by atoms with van der Waals surface area (Å²) in [6.07, 6.45) is -9.33. The summed E-state index contributed by atoms with van der Waals surface area (Å²) in [7, 11) is 1.28. The predicted molar refractivity (Wildman–Crippen MR) is 151 cm³/mol. The van der Waals surface area contributed by atoms with Crippen molar-refractivity contribution in [2.24, 2.45) is 4.99 Å². The summed E-state index contributed by atoms with van der Waals surface area (Å²) in [5, 5.41) is 19.5. The summed E-state index contributed by atoms with van der Waals surface area (Å²) in [5.74, 6) is -2.91. The number of benzene rings is 2. The maximum absolute atomic E-state index is 14.3. The van der Waals surface area contributed by atoms with E-state index in [2.05, 4.69) is 4.99 Å². The van der Waals surface area contributed by atoms with Crippen molar-refractivity contribution in [3.05, 3.63) is 82.3 Å². The lowest BCUT2D eigenvalue weighted by atomic mass is 9.75. The van der Waals surface area contributed by atoms with Crippen LogP contribution in [0.1, 0.15) is 60.9 Å². The van der Waals surface area contributed by atoms with Crippen molar-refractivity contribution in [1.82, 2.24) is 9.80 Å². The number of hydrogen-bond acceptors (Lipinski definition) is 4. The van der Waals surface area contributed by atoms with Gasteiger partial charge in [0.2, 0.25) is 5.91 Å². The van der Waals surface area contributed by atoms with Gasteiger partial charge in [0, 0.05) is 25.4 Å². The zero-order chi connectivity index (χ0) is 34.6. The fourth-order valence-electron chi connectivity index (χ4n) is 6.24. The van der Waals surface area contributed by atoms with Gasteiger partial charge in [-0.05, 0) is 86.7 Å². The average molecular weight is 658 g/mol. The third-order valence-electron chi connectivity index (χ3n) is 8.72. The minimum atomic E-state index is -5.16. The number of hydrogen-bond donors (Lipinski definition) is 2. The fraction of sp³-hybridized carbons (Fsp3) is 0.419. The first-order valence-corrected chi connectivity index (χ1v) is 13.9. The fourth-order valence-corrected chi connectivity index (χ4v) is 6.24. The van der Waals surface area contributed by atoms with Crippen molar-refractivity contribution >= 4 is 23.7 Å². The molecule has 2 aliphatic heterocycles. The molecule has 2 N–H and O–H groups in total. The molecule has 2 aromatic carbocycles. The molecular weight excluding hydrogens is 627 g/mol. The van der Waals surface area contributed by atoms with Gasteiger partial charge in [-0.1, -0.05) is 6.07 Å². The van der Waals surface area contributed by atoms with E-state index in [1.54, 1.807) is 0 Å². The van der Waals surface area contributed by atoms with Crippen LogP contribution in [0.5, 0.6) is 0 Å². The maximum atomic E-state index is 14.3. The third-order valence-corrected chi connectivity index (χ3v) is 8.72. The average Bonchev–Trinajstić information content (AvgIpc) is 3.41. The number of likely N-dealkylation sites (tertiary alicyclic amines) is 1. The van der Waals surface area contributed by atoms with Crippen LogP contribution in [-0.4, -0.2) is 62.8 Å². The first kappa shape index (κ1) is 34.4. The van der Waals surface area contributed by atoms with Gasteiger partial charge in [0.1, 0.15) is 11.9 Å². The summed E-state index contributed by atoms with van der Waals surface area (Å²) in [4.78, 5) is 44.4. The number of nitrogens with zero attached hydrogens (tertiary/aromatic N) is 3. The molecule has 2 aliphatic rings. The van der Waals surface area contributed by atoms with E-state index in [1.807, 2.05) is 0 Å². The van der Waals surface area contributed by atoms with Gasteiger partial charge in [-0.15, -0.1) is 0 Å². The number of carbonyl (C=O) groups excluding carboxylic acids is 1. The van der Waals surface area contributed by atoms with Crippen LogP contribution in [0, 0.1) is 12.7 Å². The highest BCUT2D eigenvalue weighted by Crippen LogP contribution is 2.44. The Morgan fingerprint density at radius 3 is 2.00 bits per heavy atom. The number of carboxylic acids is 1. The first-order chi connectivity index (χ1) is 21.1. The Hall–Kier alpha value is -4.43. The molecule has 8 nitrogen and oxygen atoms in total. The largest absolute Gasteiger partial charge is 0.480 e. The molecule has 1 unspecified atom stereocenters. The number of rotatable bonds is 6. The van der Waals surface area contributed by atoms with Gasteiger partial charge < -0.3 is 15.1 Å². The summed E-state index contributed by atoms with van der Waals surface area (Å²) in [6.45, 7) is 3.88. The quantitative estimate of drug-likeness (QED) is 0.334. The van der Waals surface area contributed by atoms with E-state index < -0.39 is 75.9 Å². The van der Waals surface area contributed by atoms with Crippen LogP contribution < -0.4 is 0 Å². The molecule has 0 radical (unpaired) electrons.